The molecule has 1 amide bonds. The third kappa shape index (κ3) is 3.89. The number of hydrogen-bond donors (Lipinski definition) is 2. The number of rotatable bonds is 5. The molecule has 2 aromatic carbocycles. The fraction of sp³-hybridized carbons (Fsp3) is 0.111. The Morgan fingerprint density at radius 2 is 1.84 bits per heavy atom. The summed E-state index contributed by atoms with van der Waals surface area (Å²) in [6, 6.07) is 12.9. The molecule has 0 spiro atoms. The number of nitrogens with one attached hydrogen (secondary N) is 1. The maximum absolute atomic E-state index is 13.7. The molecule has 0 aliphatic heterocycles. The molecule has 0 saturated carbocycles. The van der Waals surface area contributed by atoms with Crippen LogP contribution in [-0.4, -0.2) is 27.3 Å². The van der Waals surface area contributed by atoms with Crippen LogP contribution in [0, 0.1) is 11.6 Å². The number of carbonyl (C=O) groups excluding carboxylic acids is 1. The lowest BCUT2D eigenvalue weighted by molar-refractivity contribution is 0.0911. The molecule has 25 heavy (non-hydrogen) atoms. The molecule has 1 atom stereocenters. The first-order valence-corrected chi connectivity index (χ1v) is 7.57. The lowest BCUT2D eigenvalue weighted by Crippen LogP contribution is -2.28. The van der Waals surface area contributed by atoms with E-state index in [1.807, 2.05) is 0 Å². The zero-order valence-corrected chi connectivity index (χ0v) is 13.1. The number of halogens is 2. The molecule has 0 aliphatic rings. The van der Waals surface area contributed by atoms with Crippen molar-refractivity contribution in [1.82, 2.24) is 15.1 Å². The molecule has 0 aliphatic carbocycles. The van der Waals surface area contributed by atoms with Crippen molar-refractivity contribution in [1.29, 1.82) is 0 Å². The summed E-state index contributed by atoms with van der Waals surface area (Å²) in [5.41, 5.74) is 0.807. The number of aliphatic hydroxyl groups excluding tert-OH is 1. The van der Waals surface area contributed by atoms with Crippen LogP contribution >= 0.6 is 0 Å². The number of amides is 1. The summed E-state index contributed by atoms with van der Waals surface area (Å²) in [6.45, 7) is -0.0585. The van der Waals surface area contributed by atoms with E-state index < -0.39 is 23.6 Å². The minimum absolute atomic E-state index is 0.0585. The quantitative estimate of drug-likeness (QED) is 0.748. The third-order valence-electron chi connectivity index (χ3n) is 3.63. The molecule has 3 rings (SSSR count). The topological polar surface area (TPSA) is 67.2 Å². The Balaban J connectivity index is 1.64. The molecular weight excluding hydrogens is 328 g/mol. The summed E-state index contributed by atoms with van der Waals surface area (Å²) >= 11 is 0. The van der Waals surface area contributed by atoms with E-state index in [-0.39, 0.29) is 17.9 Å². The van der Waals surface area contributed by atoms with Gasteiger partial charge in [-0.25, -0.2) is 13.5 Å². The van der Waals surface area contributed by atoms with Gasteiger partial charge in [-0.1, -0.05) is 24.3 Å². The highest BCUT2D eigenvalue weighted by molar-refractivity contribution is 5.92. The van der Waals surface area contributed by atoms with Crippen LogP contribution in [0.4, 0.5) is 8.78 Å². The molecule has 0 fully saturated rings. The molecule has 3 aromatic rings. The van der Waals surface area contributed by atoms with Crippen molar-refractivity contribution in [2.24, 2.45) is 0 Å². The van der Waals surface area contributed by atoms with E-state index >= 15 is 0 Å². The number of hydrogen-bond acceptors (Lipinski definition) is 3. The molecule has 0 bridgehead atoms. The van der Waals surface area contributed by atoms with E-state index in [2.05, 4.69) is 10.4 Å². The summed E-state index contributed by atoms with van der Waals surface area (Å²) in [6.07, 6.45) is 0.502. The highest BCUT2D eigenvalue weighted by Gasteiger charge is 2.14. The standard InChI is InChI=1S/C18H15F2N3O2/c19-13-7-5-12(6-8-13)17(24)11-21-18(25)15-9-10-23(22-15)16-4-2-1-3-14(16)20/h1-10,17,24H,11H2,(H,21,25). The lowest BCUT2D eigenvalue weighted by Gasteiger charge is -2.11. The Morgan fingerprint density at radius 3 is 2.56 bits per heavy atom. The van der Waals surface area contributed by atoms with E-state index in [1.54, 1.807) is 18.2 Å². The van der Waals surface area contributed by atoms with E-state index in [9.17, 15) is 18.7 Å². The maximum atomic E-state index is 13.7. The molecule has 0 radical (unpaired) electrons. The Labute approximate surface area is 142 Å². The SMILES string of the molecule is O=C(NCC(O)c1ccc(F)cc1)c1ccn(-c2ccccc2F)n1. The van der Waals surface area contributed by atoms with Gasteiger partial charge in [0.05, 0.1) is 6.10 Å². The monoisotopic (exact) mass is 343 g/mol. The van der Waals surface area contributed by atoms with Crippen LogP contribution in [-0.2, 0) is 0 Å². The largest absolute Gasteiger partial charge is 0.387 e. The van der Waals surface area contributed by atoms with Gasteiger partial charge in [-0.15, -0.1) is 0 Å². The Morgan fingerprint density at radius 1 is 1.12 bits per heavy atom. The fourth-order valence-corrected chi connectivity index (χ4v) is 2.30. The number of aromatic nitrogens is 2. The van der Waals surface area contributed by atoms with Gasteiger partial charge >= 0.3 is 0 Å². The van der Waals surface area contributed by atoms with Gasteiger partial charge in [0, 0.05) is 12.7 Å². The van der Waals surface area contributed by atoms with Crippen LogP contribution in [0.2, 0.25) is 0 Å². The van der Waals surface area contributed by atoms with Crippen molar-refractivity contribution in [3.63, 3.8) is 0 Å². The van der Waals surface area contributed by atoms with E-state index in [0.717, 1.165) is 0 Å². The Bertz CT molecular complexity index is 878. The van der Waals surface area contributed by atoms with Crippen molar-refractivity contribution < 1.29 is 18.7 Å². The first kappa shape index (κ1) is 16.8. The average Bonchev–Trinajstić information content (AvgIpc) is 3.10. The second kappa shape index (κ2) is 7.23. The number of aliphatic hydroxyl groups is 1. The van der Waals surface area contributed by atoms with E-state index in [1.165, 1.54) is 47.3 Å². The summed E-state index contributed by atoms with van der Waals surface area (Å²) in [7, 11) is 0. The zero-order valence-electron chi connectivity index (χ0n) is 13.1. The van der Waals surface area contributed by atoms with E-state index in [0.29, 0.717) is 5.56 Å². The molecule has 1 aromatic heterocycles. The van der Waals surface area contributed by atoms with Gasteiger partial charge < -0.3 is 10.4 Å². The zero-order chi connectivity index (χ0) is 17.8. The van der Waals surface area contributed by atoms with Crippen molar-refractivity contribution in [2.45, 2.75) is 6.10 Å². The van der Waals surface area contributed by atoms with Crippen molar-refractivity contribution >= 4 is 5.91 Å². The minimum atomic E-state index is -0.974. The molecule has 0 saturated heterocycles. The van der Waals surface area contributed by atoms with Gasteiger partial charge in [-0.05, 0) is 35.9 Å². The van der Waals surface area contributed by atoms with Gasteiger partial charge in [0.15, 0.2) is 5.69 Å². The summed E-state index contributed by atoms with van der Waals surface area (Å²) < 4.78 is 27.9. The second-order valence-electron chi connectivity index (χ2n) is 5.37. The fourth-order valence-electron chi connectivity index (χ4n) is 2.30. The van der Waals surface area contributed by atoms with Gasteiger partial charge in [0.1, 0.15) is 17.3 Å². The molecular formula is C18H15F2N3O2. The highest BCUT2D eigenvalue weighted by Crippen LogP contribution is 2.14. The minimum Gasteiger partial charge on any atom is -0.387 e. The predicted octanol–water partition coefficient (Wildman–Crippen LogP) is 2.61. The first-order chi connectivity index (χ1) is 12.0. The molecule has 7 heteroatoms. The summed E-state index contributed by atoms with van der Waals surface area (Å²) in [4.78, 5) is 12.1. The third-order valence-corrected chi connectivity index (χ3v) is 3.63. The normalized spacial score (nSPS) is 12.0. The Hall–Kier alpha value is -3.06. The molecule has 1 heterocycles. The number of benzene rings is 2. The van der Waals surface area contributed by atoms with Crippen molar-refractivity contribution in [3.05, 3.63) is 83.7 Å². The number of nitrogens with zero attached hydrogens (tertiary/aromatic N) is 2. The lowest BCUT2D eigenvalue weighted by atomic mass is 10.1. The van der Waals surface area contributed by atoms with Crippen LogP contribution < -0.4 is 5.32 Å². The van der Waals surface area contributed by atoms with Crippen molar-refractivity contribution in [3.8, 4) is 5.69 Å². The van der Waals surface area contributed by atoms with Crippen LogP contribution in [0.5, 0.6) is 0 Å². The Kier molecular flexibility index (Phi) is 4.85. The smallest absolute Gasteiger partial charge is 0.271 e. The summed E-state index contributed by atoms with van der Waals surface area (Å²) in [5.74, 6) is -1.36. The van der Waals surface area contributed by atoms with Gasteiger partial charge in [0.2, 0.25) is 0 Å². The number of carbonyl (C=O) groups is 1. The second-order valence-corrected chi connectivity index (χ2v) is 5.37. The molecule has 2 N–H and O–H groups in total. The van der Waals surface area contributed by atoms with Crippen LogP contribution in [0.3, 0.4) is 0 Å². The summed E-state index contributed by atoms with van der Waals surface area (Å²) in [5, 5.41) is 16.6. The molecule has 128 valence electrons. The molecule has 1 unspecified atom stereocenters. The predicted molar refractivity (Wildman–Crippen MR) is 87.2 cm³/mol. The highest BCUT2D eigenvalue weighted by atomic mass is 19.1. The maximum Gasteiger partial charge on any atom is 0.271 e. The van der Waals surface area contributed by atoms with Gasteiger partial charge in [-0.2, -0.15) is 5.10 Å². The van der Waals surface area contributed by atoms with Gasteiger partial charge in [0.25, 0.3) is 5.91 Å². The molecule has 5 nitrogen and oxygen atoms in total. The first-order valence-electron chi connectivity index (χ1n) is 7.57. The van der Waals surface area contributed by atoms with Crippen molar-refractivity contribution in [2.75, 3.05) is 6.54 Å². The van der Waals surface area contributed by atoms with Crippen LogP contribution in [0.15, 0.2) is 60.8 Å². The van der Waals surface area contributed by atoms with Crippen LogP contribution in [0.25, 0.3) is 5.69 Å². The number of para-hydroxylation sites is 1. The van der Waals surface area contributed by atoms with E-state index in [4.69, 9.17) is 0 Å². The average molecular weight is 343 g/mol. The van der Waals surface area contributed by atoms with Crippen LogP contribution in [0.1, 0.15) is 22.2 Å². The van der Waals surface area contributed by atoms with Gasteiger partial charge in [-0.3, -0.25) is 4.79 Å².